The lowest BCUT2D eigenvalue weighted by Gasteiger charge is -2.26. The average Bonchev–Trinajstić information content (AvgIpc) is 2.56. The van der Waals surface area contributed by atoms with Crippen LogP contribution in [-0.4, -0.2) is 16.1 Å². The first kappa shape index (κ1) is 21.6. The molecule has 0 aliphatic carbocycles. The third kappa shape index (κ3) is 4.99. The molecule has 148 valence electrons. The molecule has 0 aliphatic heterocycles. The summed E-state index contributed by atoms with van der Waals surface area (Å²) in [6.45, 7) is 14.8. The highest BCUT2D eigenvalue weighted by molar-refractivity contribution is 7.86. The summed E-state index contributed by atoms with van der Waals surface area (Å²) in [7, 11) is 0.440. The van der Waals surface area contributed by atoms with Crippen LogP contribution in [0.3, 0.4) is 0 Å². The summed E-state index contributed by atoms with van der Waals surface area (Å²) in [5.41, 5.74) is 2.92. The second-order valence-electron chi connectivity index (χ2n) is 8.86. The summed E-state index contributed by atoms with van der Waals surface area (Å²) < 4.78 is 24.8. The molecule has 2 aromatic carbocycles. The van der Waals surface area contributed by atoms with Crippen LogP contribution in [0.4, 0.5) is 0 Å². The van der Waals surface area contributed by atoms with E-state index in [1.54, 1.807) is 7.11 Å². The monoisotopic (exact) mass is 388 g/mol. The third-order valence-corrected chi connectivity index (χ3v) is 6.33. The van der Waals surface area contributed by atoms with Gasteiger partial charge < -0.3 is 9.47 Å². The van der Waals surface area contributed by atoms with Crippen LogP contribution < -0.4 is 4.74 Å². The Balaban J connectivity index is 2.69. The van der Waals surface area contributed by atoms with Gasteiger partial charge in [-0.15, -0.1) is 0 Å². The molecular weight excluding hydrogens is 356 g/mol. The maximum atomic E-state index is 13.3. The molecule has 0 radical (unpaired) electrons. The van der Waals surface area contributed by atoms with Gasteiger partial charge in [0, 0.05) is 23.0 Å². The maximum absolute atomic E-state index is 13.3. The summed E-state index contributed by atoms with van der Waals surface area (Å²) in [5.74, 6) is 1.45. The molecule has 0 saturated carbocycles. The van der Waals surface area contributed by atoms with Gasteiger partial charge in [-0.05, 0) is 44.7 Å². The summed E-state index contributed by atoms with van der Waals surface area (Å²) in [6, 6.07) is 12.0. The van der Waals surface area contributed by atoms with Gasteiger partial charge in [-0.25, -0.2) is 0 Å². The molecular formula is C23H32O3S. The van der Waals surface area contributed by atoms with Gasteiger partial charge in [-0.2, -0.15) is 0 Å². The predicted molar refractivity (Wildman–Crippen MR) is 113 cm³/mol. The number of benzene rings is 2. The minimum atomic E-state index is -1.22. The van der Waals surface area contributed by atoms with Crippen molar-refractivity contribution in [2.75, 3.05) is 7.11 Å². The normalized spacial score (nSPS) is 13.5. The van der Waals surface area contributed by atoms with Crippen molar-refractivity contribution in [1.29, 1.82) is 0 Å². The number of hydrogen-bond acceptors (Lipinski definition) is 3. The minimum Gasteiger partial charge on any atom is -0.455 e. The average molecular weight is 389 g/mol. The Labute approximate surface area is 166 Å². The van der Waals surface area contributed by atoms with Crippen molar-refractivity contribution in [1.82, 2.24) is 0 Å². The zero-order valence-electron chi connectivity index (χ0n) is 17.8. The highest BCUT2D eigenvalue weighted by Gasteiger charge is 2.29. The second kappa shape index (κ2) is 8.15. The van der Waals surface area contributed by atoms with Gasteiger partial charge in [0.05, 0.1) is 22.3 Å². The van der Waals surface area contributed by atoms with E-state index < -0.39 is 15.5 Å². The lowest BCUT2D eigenvalue weighted by atomic mass is 9.86. The molecule has 4 heteroatoms. The number of rotatable bonds is 5. The first-order chi connectivity index (χ1) is 12.5. The molecule has 0 aromatic heterocycles. The molecule has 0 fully saturated rings. The minimum absolute atomic E-state index is 0.0643. The van der Waals surface area contributed by atoms with Crippen LogP contribution in [0.25, 0.3) is 0 Å². The Morgan fingerprint density at radius 3 is 2.15 bits per heavy atom. The molecule has 27 heavy (non-hydrogen) atoms. The SMILES string of the molecule is COCc1ccc(C)c([S@@](=O)C(C)(C)C)c1Oc1ccccc1C(C)(C)C. The van der Waals surface area contributed by atoms with Gasteiger partial charge in [0.2, 0.25) is 0 Å². The van der Waals surface area contributed by atoms with E-state index >= 15 is 0 Å². The molecule has 3 nitrogen and oxygen atoms in total. The van der Waals surface area contributed by atoms with Gasteiger partial charge in [-0.3, -0.25) is 4.21 Å². The van der Waals surface area contributed by atoms with Crippen LogP contribution in [0, 0.1) is 6.92 Å². The Kier molecular flexibility index (Phi) is 6.54. The van der Waals surface area contributed by atoms with E-state index in [1.165, 1.54) is 0 Å². The van der Waals surface area contributed by atoms with Gasteiger partial charge in [0.1, 0.15) is 11.5 Å². The highest BCUT2D eigenvalue weighted by Crippen LogP contribution is 2.40. The van der Waals surface area contributed by atoms with Gasteiger partial charge >= 0.3 is 0 Å². The van der Waals surface area contributed by atoms with Crippen molar-refractivity contribution in [2.24, 2.45) is 0 Å². The van der Waals surface area contributed by atoms with Gasteiger partial charge in [0.25, 0.3) is 0 Å². The van der Waals surface area contributed by atoms with Crippen molar-refractivity contribution < 1.29 is 13.7 Å². The van der Waals surface area contributed by atoms with E-state index in [0.29, 0.717) is 12.4 Å². The van der Waals surface area contributed by atoms with Crippen molar-refractivity contribution in [2.45, 2.75) is 70.1 Å². The zero-order chi connectivity index (χ0) is 20.4. The highest BCUT2D eigenvalue weighted by atomic mass is 32.2. The standard InChI is InChI=1S/C23H32O3S/c1-16-13-14-17(15-25-8)20(21(16)27(24)23(5,6)7)26-19-12-10-9-11-18(19)22(2,3)4/h9-14H,15H2,1-8H3/t27-/m1/s1. The fraction of sp³-hybridized carbons (Fsp3) is 0.478. The topological polar surface area (TPSA) is 35.5 Å². The molecule has 0 unspecified atom stereocenters. The van der Waals surface area contributed by atoms with E-state index in [0.717, 1.165) is 27.3 Å². The van der Waals surface area contributed by atoms with Crippen LogP contribution >= 0.6 is 0 Å². The molecule has 0 aliphatic rings. The molecule has 1 atom stereocenters. The molecule has 0 spiro atoms. The summed E-state index contributed by atoms with van der Waals surface area (Å²) >= 11 is 0. The Morgan fingerprint density at radius 1 is 0.963 bits per heavy atom. The largest absolute Gasteiger partial charge is 0.455 e. The van der Waals surface area contributed by atoms with E-state index in [2.05, 4.69) is 26.8 Å². The Hall–Kier alpha value is -1.65. The van der Waals surface area contributed by atoms with Crippen LogP contribution in [0.15, 0.2) is 41.3 Å². The molecule has 0 saturated heterocycles. The lowest BCUT2D eigenvalue weighted by Crippen LogP contribution is -2.23. The fourth-order valence-corrected chi connectivity index (χ4v) is 4.22. The first-order valence-corrected chi connectivity index (χ1v) is 10.4. The lowest BCUT2D eigenvalue weighted by molar-refractivity contribution is 0.182. The molecule has 0 N–H and O–H groups in total. The molecule has 0 bridgehead atoms. The smallest absolute Gasteiger partial charge is 0.149 e. The van der Waals surface area contributed by atoms with Crippen molar-refractivity contribution >= 4 is 10.8 Å². The summed E-state index contributed by atoms with van der Waals surface area (Å²) in [5, 5.41) is 0. The molecule has 2 rings (SSSR count). The second-order valence-corrected chi connectivity index (χ2v) is 11.0. The third-order valence-electron chi connectivity index (χ3n) is 4.34. The van der Waals surface area contributed by atoms with E-state index in [4.69, 9.17) is 9.47 Å². The number of para-hydroxylation sites is 1. The summed E-state index contributed by atoms with van der Waals surface area (Å²) in [4.78, 5) is 0.751. The van der Waals surface area contributed by atoms with Crippen LogP contribution in [0.5, 0.6) is 11.5 Å². The quantitative estimate of drug-likeness (QED) is 0.617. The van der Waals surface area contributed by atoms with Crippen molar-refractivity contribution in [3.05, 3.63) is 53.1 Å². The van der Waals surface area contributed by atoms with Crippen molar-refractivity contribution in [3.63, 3.8) is 0 Å². The predicted octanol–water partition coefficient (Wildman–Crippen LogP) is 6.14. The number of ether oxygens (including phenoxy) is 2. The number of aryl methyl sites for hydroxylation is 1. The van der Waals surface area contributed by atoms with Crippen LogP contribution in [0.1, 0.15) is 58.2 Å². The van der Waals surface area contributed by atoms with Crippen LogP contribution in [-0.2, 0) is 27.6 Å². The zero-order valence-corrected chi connectivity index (χ0v) is 18.6. The Morgan fingerprint density at radius 2 is 1.59 bits per heavy atom. The van der Waals surface area contributed by atoms with E-state index in [1.807, 2.05) is 58.0 Å². The Bertz CT molecular complexity index is 826. The first-order valence-electron chi connectivity index (χ1n) is 9.27. The van der Waals surface area contributed by atoms with Gasteiger partial charge in [0.15, 0.2) is 0 Å². The van der Waals surface area contributed by atoms with Gasteiger partial charge in [-0.1, -0.05) is 51.1 Å². The number of methoxy groups -OCH3 is 1. The van der Waals surface area contributed by atoms with Crippen LogP contribution in [0.2, 0.25) is 0 Å². The van der Waals surface area contributed by atoms with Crippen molar-refractivity contribution in [3.8, 4) is 11.5 Å². The molecule has 0 amide bonds. The van der Waals surface area contributed by atoms with E-state index in [9.17, 15) is 4.21 Å². The van der Waals surface area contributed by atoms with E-state index in [-0.39, 0.29) is 5.41 Å². The maximum Gasteiger partial charge on any atom is 0.149 e. The summed E-state index contributed by atoms with van der Waals surface area (Å²) in [6.07, 6.45) is 0. The number of hydrogen-bond donors (Lipinski definition) is 0. The fourth-order valence-electron chi connectivity index (χ4n) is 2.90. The molecule has 0 heterocycles. The molecule has 2 aromatic rings.